The molecule has 2 rings (SSSR count). The van der Waals surface area contributed by atoms with E-state index in [0.717, 1.165) is 12.1 Å². The largest absolute Gasteiger partial charge is 0.472 e. The Labute approximate surface area is 147 Å². The molecule has 27 heavy (non-hydrogen) atoms. The van der Waals surface area contributed by atoms with Crippen molar-refractivity contribution in [1.29, 1.82) is 0 Å². The average Bonchev–Trinajstić information content (AvgIpc) is 2.58. The minimum absolute atomic E-state index is 0.225. The lowest BCUT2D eigenvalue weighted by molar-refractivity contribution is -0.384. The van der Waals surface area contributed by atoms with Gasteiger partial charge in [0, 0.05) is 6.07 Å². The van der Waals surface area contributed by atoms with E-state index < -0.39 is 40.1 Å². The van der Waals surface area contributed by atoms with Crippen LogP contribution in [0, 0.1) is 10.1 Å². The quantitative estimate of drug-likeness (QED) is 0.476. The number of halogens is 6. The lowest BCUT2D eigenvalue weighted by Gasteiger charge is -2.26. The van der Waals surface area contributed by atoms with Crippen molar-refractivity contribution in [3.63, 3.8) is 0 Å². The fourth-order valence-corrected chi connectivity index (χ4v) is 2.04. The molecule has 0 heterocycles. The van der Waals surface area contributed by atoms with Crippen molar-refractivity contribution in [3.8, 4) is 0 Å². The van der Waals surface area contributed by atoms with Gasteiger partial charge in [-0.3, -0.25) is 20.3 Å². The van der Waals surface area contributed by atoms with Crippen LogP contribution >= 0.6 is 0 Å². The van der Waals surface area contributed by atoms with Gasteiger partial charge in [0.05, 0.1) is 16.2 Å². The van der Waals surface area contributed by atoms with E-state index in [-0.39, 0.29) is 16.8 Å². The third kappa shape index (κ3) is 4.65. The number of hydrazine groups is 1. The molecule has 0 aliphatic rings. The molecule has 0 bridgehead atoms. The summed E-state index contributed by atoms with van der Waals surface area (Å²) in [6.07, 6.45) is -10.3. The maximum atomic E-state index is 13.0. The molecular formula is C15H9F6N3O3. The first-order chi connectivity index (χ1) is 12.4. The van der Waals surface area contributed by atoms with E-state index >= 15 is 0 Å². The van der Waals surface area contributed by atoms with Gasteiger partial charge >= 0.3 is 18.3 Å². The van der Waals surface area contributed by atoms with Crippen LogP contribution < -0.4 is 10.4 Å². The standard InChI is InChI=1S/C15H9F6N3O3/c16-14(17,18)9-6-7-11(24(26)27)12(8-9)23(10-4-2-1-3-5-10)22-13(25)15(19,20)21/h1-8H,(H,22,25). The number of para-hydroxylation sites is 1. The van der Waals surface area contributed by atoms with Gasteiger partial charge < -0.3 is 0 Å². The van der Waals surface area contributed by atoms with Gasteiger partial charge in [0.25, 0.3) is 5.69 Å². The molecule has 0 aliphatic heterocycles. The minimum Gasteiger partial charge on any atom is -0.263 e. The van der Waals surface area contributed by atoms with E-state index in [0.29, 0.717) is 12.1 Å². The Balaban J connectivity index is 2.67. The predicted octanol–water partition coefficient (Wildman–Crippen LogP) is 4.35. The molecule has 0 saturated carbocycles. The van der Waals surface area contributed by atoms with Crippen LogP contribution in [0.25, 0.3) is 0 Å². The first-order valence-electron chi connectivity index (χ1n) is 7.00. The number of nitro benzene ring substituents is 1. The normalized spacial score (nSPS) is 11.8. The number of amides is 1. The third-order valence-corrected chi connectivity index (χ3v) is 3.23. The van der Waals surface area contributed by atoms with Gasteiger partial charge in [-0.25, -0.2) is 5.01 Å². The number of anilines is 2. The van der Waals surface area contributed by atoms with E-state index in [1.807, 2.05) is 0 Å². The first-order valence-corrected chi connectivity index (χ1v) is 7.00. The minimum atomic E-state index is -5.37. The molecule has 0 saturated heterocycles. The van der Waals surface area contributed by atoms with Gasteiger partial charge in [0.15, 0.2) is 0 Å². The number of nitro groups is 1. The second-order valence-corrected chi connectivity index (χ2v) is 5.07. The van der Waals surface area contributed by atoms with Gasteiger partial charge in [-0.1, -0.05) is 18.2 Å². The topological polar surface area (TPSA) is 75.5 Å². The van der Waals surface area contributed by atoms with Crippen LogP contribution in [0.3, 0.4) is 0 Å². The van der Waals surface area contributed by atoms with Crippen LogP contribution in [0.1, 0.15) is 5.56 Å². The molecule has 0 spiro atoms. The predicted molar refractivity (Wildman–Crippen MR) is 80.9 cm³/mol. The van der Waals surface area contributed by atoms with Gasteiger partial charge in [-0.05, 0) is 24.3 Å². The Morgan fingerprint density at radius 1 is 1.00 bits per heavy atom. The Bertz CT molecular complexity index is 852. The van der Waals surface area contributed by atoms with E-state index in [1.54, 1.807) is 0 Å². The van der Waals surface area contributed by atoms with E-state index in [4.69, 9.17) is 0 Å². The van der Waals surface area contributed by atoms with Crippen LogP contribution in [0.2, 0.25) is 0 Å². The van der Waals surface area contributed by atoms with E-state index in [9.17, 15) is 41.3 Å². The van der Waals surface area contributed by atoms with Crippen molar-refractivity contribution >= 4 is 23.0 Å². The fraction of sp³-hybridized carbons (Fsp3) is 0.133. The average molecular weight is 393 g/mol. The second kappa shape index (κ2) is 7.13. The number of nitrogens with zero attached hydrogens (tertiary/aromatic N) is 2. The molecule has 0 unspecified atom stereocenters. The summed E-state index contributed by atoms with van der Waals surface area (Å²) in [5.74, 6) is -2.52. The zero-order valence-electron chi connectivity index (χ0n) is 13.0. The summed E-state index contributed by atoms with van der Waals surface area (Å²) in [6.45, 7) is 0. The highest BCUT2D eigenvalue weighted by atomic mass is 19.4. The van der Waals surface area contributed by atoms with Crippen molar-refractivity contribution in [2.75, 3.05) is 5.01 Å². The highest BCUT2D eigenvalue weighted by molar-refractivity contribution is 5.86. The van der Waals surface area contributed by atoms with Gasteiger partial charge in [0.1, 0.15) is 5.69 Å². The van der Waals surface area contributed by atoms with Crippen LogP contribution in [-0.2, 0) is 11.0 Å². The van der Waals surface area contributed by atoms with Gasteiger partial charge in [-0.2, -0.15) is 26.3 Å². The zero-order valence-corrected chi connectivity index (χ0v) is 13.0. The number of alkyl halides is 6. The van der Waals surface area contributed by atoms with Crippen LogP contribution in [-0.4, -0.2) is 17.0 Å². The van der Waals surface area contributed by atoms with Crippen molar-refractivity contribution in [3.05, 3.63) is 64.2 Å². The molecule has 0 radical (unpaired) electrons. The number of carbonyl (C=O) groups excluding carboxylic acids is 1. The van der Waals surface area contributed by atoms with Gasteiger partial charge in [-0.15, -0.1) is 0 Å². The third-order valence-electron chi connectivity index (χ3n) is 3.23. The van der Waals surface area contributed by atoms with Crippen molar-refractivity contribution < 1.29 is 36.1 Å². The molecule has 0 atom stereocenters. The highest BCUT2D eigenvalue weighted by Gasteiger charge is 2.41. The molecule has 0 fully saturated rings. The number of carbonyl (C=O) groups is 1. The molecule has 1 N–H and O–H groups in total. The van der Waals surface area contributed by atoms with Crippen LogP contribution in [0.5, 0.6) is 0 Å². The maximum absolute atomic E-state index is 13.0. The summed E-state index contributed by atoms with van der Waals surface area (Å²) >= 11 is 0. The van der Waals surface area contributed by atoms with Crippen molar-refractivity contribution in [1.82, 2.24) is 5.43 Å². The molecule has 6 nitrogen and oxygen atoms in total. The Morgan fingerprint density at radius 3 is 2.07 bits per heavy atom. The molecule has 2 aromatic carbocycles. The number of hydrogen-bond donors (Lipinski definition) is 1. The summed E-state index contributed by atoms with van der Waals surface area (Å²) in [5.41, 5.74) is -2.03. The van der Waals surface area contributed by atoms with E-state index in [2.05, 4.69) is 0 Å². The van der Waals surface area contributed by atoms with Crippen molar-refractivity contribution in [2.45, 2.75) is 12.4 Å². The molecule has 0 aromatic heterocycles. The number of benzene rings is 2. The lowest BCUT2D eigenvalue weighted by Crippen LogP contribution is -2.46. The second-order valence-electron chi connectivity index (χ2n) is 5.07. The van der Waals surface area contributed by atoms with E-state index in [1.165, 1.54) is 23.6 Å². The summed E-state index contributed by atoms with van der Waals surface area (Å²) in [4.78, 5) is 21.4. The number of hydrogen-bond acceptors (Lipinski definition) is 4. The molecule has 144 valence electrons. The lowest BCUT2D eigenvalue weighted by atomic mass is 10.1. The smallest absolute Gasteiger partial charge is 0.263 e. The summed E-state index contributed by atoms with van der Waals surface area (Å²) < 4.78 is 76.7. The monoisotopic (exact) mass is 393 g/mol. The van der Waals surface area contributed by atoms with Gasteiger partial charge in [0.2, 0.25) is 0 Å². The summed E-state index contributed by atoms with van der Waals surface area (Å²) in [7, 11) is 0. The summed E-state index contributed by atoms with van der Waals surface area (Å²) in [6, 6.07) is 7.59. The Kier molecular flexibility index (Phi) is 5.28. The van der Waals surface area contributed by atoms with Crippen LogP contribution in [0.15, 0.2) is 48.5 Å². The zero-order chi connectivity index (χ0) is 20.4. The fourth-order valence-electron chi connectivity index (χ4n) is 2.04. The summed E-state index contributed by atoms with van der Waals surface area (Å²) in [5, 5.41) is 11.4. The number of rotatable bonds is 4. The Morgan fingerprint density at radius 2 is 1.59 bits per heavy atom. The molecule has 2 aromatic rings. The molecule has 12 heteroatoms. The van der Waals surface area contributed by atoms with Crippen LogP contribution in [0.4, 0.5) is 43.4 Å². The molecular weight excluding hydrogens is 384 g/mol. The molecule has 0 aliphatic carbocycles. The SMILES string of the molecule is O=C(NN(c1ccccc1)c1cc(C(F)(F)F)ccc1[N+](=O)[O-])C(F)(F)F. The number of nitrogens with one attached hydrogen (secondary N) is 1. The first kappa shape index (κ1) is 20.0. The molecule has 1 amide bonds. The highest BCUT2D eigenvalue weighted by Crippen LogP contribution is 2.38. The van der Waals surface area contributed by atoms with Crippen molar-refractivity contribution in [2.24, 2.45) is 0 Å². The Hall–Kier alpha value is -3.31. The maximum Gasteiger partial charge on any atom is 0.472 e.